The molecule has 0 aliphatic carbocycles. The topological polar surface area (TPSA) is 69.6 Å². The Morgan fingerprint density at radius 3 is 2.59 bits per heavy atom. The molecule has 144 valence electrons. The Morgan fingerprint density at radius 1 is 1.22 bits per heavy atom. The van der Waals surface area contributed by atoms with Gasteiger partial charge >= 0.3 is 0 Å². The van der Waals surface area contributed by atoms with Gasteiger partial charge in [0.25, 0.3) is 0 Å². The van der Waals surface area contributed by atoms with Crippen LogP contribution in [0.5, 0.6) is 0 Å². The Kier molecular flexibility index (Phi) is 7.96. The molecule has 1 saturated heterocycles. The highest BCUT2D eigenvalue weighted by Gasteiger charge is 2.21. The number of nitrogens with one attached hydrogen (secondary N) is 2. The standard InChI is InChI=1S/C19H22FN5O.HI/c1-21-19(24-13-17-16(20)4-2-10-22-17)23-12-14-6-8-15(9-7-14)25-11-3-5-18(25)26;/h2,4,6-10H,3,5,11-13H2,1H3,(H2,21,23,24);1H. The fourth-order valence-electron chi connectivity index (χ4n) is 2.84. The number of guanidine groups is 1. The second kappa shape index (κ2) is 10.2. The summed E-state index contributed by atoms with van der Waals surface area (Å²) in [5, 5.41) is 6.22. The molecule has 2 N–H and O–H groups in total. The molecule has 2 aromatic rings. The monoisotopic (exact) mass is 483 g/mol. The van der Waals surface area contributed by atoms with E-state index in [0.29, 0.717) is 24.6 Å². The van der Waals surface area contributed by atoms with Gasteiger partial charge in [0, 0.05) is 38.4 Å². The van der Waals surface area contributed by atoms with Gasteiger partial charge < -0.3 is 15.5 Å². The number of halogens is 2. The molecule has 1 aromatic carbocycles. The number of nitrogens with zero attached hydrogens (tertiary/aromatic N) is 3. The zero-order chi connectivity index (χ0) is 18.4. The number of carbonyl (C=O) groups excluding carboxylic acids is 1. The van der Waals surface area contributed by atoms with Crippen molar-refractivity contribution in [2.24, 2.45) is 4.99 Å². The van der Waals surface area contributed by atoms with Crippen LogP contribution in [0.1, 0.15) is 24.1 Å². The largest absolute Gasteiger partial charge is 0.352 e. The molecule has 0 radical (unpaired) electrons. The van der Waals surface area contributed by atoms with Crippen molar-refractivity contribution in [3.63, 3.8) is 0 Å². The average molecular weight is 483 g/mol. The van der Waals surface area contributed by atoms with E-state index in [4.69, 9.17) is 0 Å². The molecule has 0 atom stereocenters. The lowest BCUT2D eigenvalue weighted by Gasteiger charge is -2.16. The second-order valence-electron chi connectivity index (χ2n) is 6.03. The van der Waals surface area contributed by atoms with Gasteiger partial charge in [-0.05, 0) is 36.2 Å². The maximum atomic E-state index is 13.6. The van der Waals surface area contributed by atoms with Crippen molar-refractivity contribution in [2.75, 3.05) is 18.5 Å². The smallest absolute Gasteiger partial charge is 0.227 e. The summed E-state index contributed by atoms with van der Waals surface area (Å²) in [5.74, 6) is 0.401. The molecule has 0 spiro atoms. The minimum Gasteiger partial charge on any atom is -0.352 e. The van der Waals surface area contributed by atoms with Crippen molar-refractivity contribution in [2.45, 2.75) is 25.9 Å². The average Bonchev–Trinajstić information content (AvgIpc) is 3.09. The highest BCUT2D eigenvalue weighted by molar-refractivity contribution is 14.0. The van der Waals surface area contributed by atoms with Crippen molar-refractivity contribution in [1.29, 1.82) is 0 Å². The first-order chi connectivity index (χ1) is 12.7. The second-order valence-corrected chi connectivity index (χ2v) is 6.03. The quantitative estimate of drug-likeness (QED) is 0.390. The molecule has 3 rings (SSSR count). The fourth-order valence-corrected chi connectivity index (χ4v) is 2.84. The Morgan fingerprint density at radius 2 is 1.96 bits per heavy atom. The van der Waals surface area contributed by atoms with E-state index in [2.05, 4.69) is 20.6 Å². The summed E-state index contributed by atoms with van der Waals surface area (Å²) >= 11 is 0. The zero-order valence-corrected chi connectivity index (χ0v) is 17.4. The summed E-state index contributed by atoms with van der Waals surface area (Å²) in [4.78, 5) is 21.7. The normalized spacial score (nSPS) is 14.1. The molecular formula is C19H23FIN5O. The number of rotatable bonds is 5. The van der Waals surface area contributed by atoms with Gasteiger partial charge in [0.15, 0.2) is 5.96 Å². The van der Waals surface area contributed by atoms with E-state index >= 15 is 0 Å². The number of benzene rings is 1. The van der Waals surface area contributed by atoms with E-state index in [9.17, 15) is 9.18 Å². The van der Waals surface area contributed by atoms with Crippen LogP contribution in [0, 0.1) is 5.82 Å². The Bertz CT molecular complexity index is 797. The van der Waals surface area contributed by atoms with Crippen molar-refractivity contribution < 1.29 is 9.18 Å². The maximum Gasteiger partial charge on any atom is 0.227 e. The van der Waals surface area contributed by atoms with Crippen molar-refractivity contribution in [1.82, 2.24) is 15.6 Å². The fraction of sp³-hybridized carbons (Fsp3) is 0.316. The van der Waals surface area contributed by atoms with Gasteiger partial charge in [0.1, 0.15) is 5.82 Å². The van der Waals surface area contributed by atoms with Crippen LogP contribution < -0.4 is 15.5 Å². The van der Waals surface area contributed by atoms with Crippen LogP contribution >= 0.6 is 24.0 Å². The predicted molar refractivity (Wildman–Crippen MR) is 115 cm³/mol. The molecule has 8 heteroatoms. The molecule has 0 saturated carbocycles. The lowest BCUT2D eigenvalue weighted by molar-refractivity contribution is -0.117. The first-order valence-corrected chi connectivity index (χ1v) is 8.60. The number of hydrogen-bond acceptors (Lipinski definition) is 3. The summed E-state index contributed by atoms with van der Waals surface area (Å²) < 4.78 is 13.6. The van der Waals surface area contributed by atoms with E-state index in [1.807, 2.05) is 29.2 Å². The van der Waals surface area contributed by atoms with Crippen LogP contribution in [-0.2, 0) is 17.9 Å². The van der Waals surface area contributed by atoms with Crippen LogP contribution in [-0.4, -0.2) is 30.4 Å². The highest BCUT2D eigenvalue weighted by Crippen LogP contribution is 2.21. The van der Waals surface area contributed by atoms with Gasteiger partial charge in [-0.25, -0.2) is 4.39 Å². The SMILES string of the molecule is CN=C(NCc1ccc(N2CCCC2=O)cc1)NCc1ncccc1F.I. The number of pyridine rings is 1. The molecule has 1 aromatic heterocycles. The number of aromatic nitrogens is 1. The van der Waals surface area contributed by atoms with Gasteiger partial charge in [-0.3, -0.25) is 14.8 Å². The maximum absolute atomic E-state index is 13.6. The molecule has 6 nitrogen and oxygen atoms in total. The third-order valence-electron chi connectivity index (χ3n) is 4.26. The minimum absolute atomic E-state index is 0. The number of aliphatic imine (C=N–C) groups is 1. The summed E-state index contributed by atoms with van der Waals surface area (Å²) in [6.07, 6.45) is 3.10. The Labute approximate surface area is 175 Å². The molecule has 27 heavy (non-hydrogen) atoms. The molecule has 1 amide bonds. The number of anilines is 1. The first-order valence-electron chi connectivity index (χ1n) is 8.60. The van der Waals surface area contributed by atoms with Gasteiger partial charge in [0.2, 0.25) is 5.91 Å². The van der Waals surface area contributed by atoms with E-state index < -0.39 is 0 Å². The van der Waals surface area contributed by atoms with Crippen LogP contribution in [0.3, 0.4) is 0 Å². The van der Waals surface area contributed by atoms with Crippen LogP contribution in [0.15, 0.2) is 47.6 Å². The zero-order valence-electron chi connectivity index (χ0n) is 15.1. The third kappa shape index (κ3) is 5.62. The molecule has 0 bridgehead atoms. The van der Waals surface area contributed by atoms with E-state index in [1.54, 1.807) is 19.3 Å². The molecule has 1 aliphatic heterocycles. The predicted octanol–water partition coefficient (Wildman–Crippen LogP) is 2.83. The van der Waals surface area contributed by atoms with Crippen LogP contribution in [0.2, 0.25) is 0 Å². The summed E-state index contributed by atoms with van der Waals surface area (Å²) in [7, 11) is 1.66. The summed E-state index contributed by atoms with van der Waals surface area (Å²) in [6.45, 7) is 1.61. The van der Waals surface area contributed by atoms with Crippen molar-refractivity contribution >= 4 is 41.5 Å². The van der Waals surface area contributed by atoms with Crippen LogP contribution in [0.4, 0.5) is 10.1 Å². The van der Waals surface area contributed by atoms with Gasteiger partial charge in [0.05, 0.1) is 12.2 Å². The van der Waals surface area contributed by atoms with Crippen LogP contribution in [0.25, 0.3) is 0 Å². The highest BCUT2D eigenvalue weighted by atomic mass is 127. The molecule has 2 heterocycles. The summed E-state index contributed by atoms with van der Waals surface area (Å²) in [6, 6.07) is 10.8. The third-order valence-corrected chi connectivity index (χ3v) is 4.26. The molecule has 1 aliphatic rings. The van der Waals surface area contributed by atoms with Gasteiger partial charge in [-0.1, -0.05) is 12.1 Å². The molecule has 1 fully saturated rings. The van der Waals surface area contributed by atoms with E-state index in [-0.39, 0.29) is 42.2 Å². The summed E-state index contributed by atoms with van der Waals surface area (Å²) in [5.41, 5.74) is 2.34. The van der Waals surface area contributed by atoms with E-state index in [1.165, 1.54) is 6.07 Å². The lowest BCUT2D eigenvalue weighted by atomic mass is 10.2. The van der Waals surface area contributed by atoms with Gasteiger partial charge in [-0.15, -0.1) is 24.0 Å². The van der Waals surface area contributed by atoms with Crippen molar-refractivity contribution in [3.8, 4) is 0 Å². The number of hydrogen-bond donors (Lipinski definition) is 2. The number of carbonyl (C=O) groups is 1. The molecular weight excluding hydrogens is 460 g/mol. The molecule has 0 unspecified atom stereocenters. The Balaban J connectivity index is 0.00000261. The lowest BCUT2D eigenvalue weighted by Crippen LogP contribution is -2.36. The van der Waals surface area contributed by atoms with Crippen molar-refractivity contribution in [3.05, 3.63) is 59.7 Å². The minimum atomic E-state index is -0.345. The van der Waals surface area contributed by atoms with E-state index in [0.717, 1.165) is 24.2 Å². The van der Waals surface area contributed by atoms with Gasteiger partial charge in [-0.2, -0.15) is 0 Å². The Hall–Kier alpha value is -2.23. The first kappa shape index (κ1) is 21.1. The number of amides is 1.